The summed E-state index contributed by atoms with van der Waals surface area (Å²) in [6, 6.07) is 17.3. The summed E-state index contributed by atoms with van der Waals surface area (Å²) in [5.74, 6) is 1.75. The van der Waals surface area contributed by atoms with Crippen molar-refractivity contribution < 1.29 is 4.74 Å². The molecular formula is C18H18ClN5O. The molecule has 0 bridgehead atoms. The molecule has 0 aliphatic carbocycles. The average molecular weight is 356 g/mol. The normalized spacial score (nSPS) is 10.4. The first kappa shape index (κ1) is 17.0. The van der Waals surface area contributed by atoms with Crippen molar-refractivity contribution >= 4 is 23.5 Å². The maximum atomic E-state index is 5.85. The minimum atomic E-state index is 0.159. The van der Waals surface area contributed by atoms with Crippen LogP contribution < -0.4 is 15.8 Å². The topological polar surface area (TPSA) is 86.0 Å². The Bertz CT molecular complexity index is 811. The van der Waals surface area contributed by atoms with Gasteiger partial charge in [-0.2, -0.15) is 15.0 Å². The van der Waals surface area contributed by atoms with Crippen LogP contribution in [0.5, 0.6) is 5.75 Å². The maximum Gasteiger partial charge on any atom is 0.227 e. The van der Waals surface area contributed by atoms with Gasteiger partial charge in [-0.3, -0.25) is 0 Å². The van der Waals surface area contributed by atoms with E-state index in [0.29, 0.717) is 29.1 Å². The van der Waals surface area contributed by atoms with Crippen molar-refractivity contribution in [1.29, 1.82) is 0 Å². The summed E-state index contributed by atoms with van der Waals surface area (Å²) in [6.07, 6.45) is 0.864. The van der Waals surface area contributed by atoms with Crippen LogP contribution in [0, 0.1) is 0 Å². The van der Waals surface area contributed by atoms with Gasteiger partial charge in [-0.25, -0.2) is 0 Å². The summed E-state index contributed by atoms with van der Waals surface area (Å²) < 4.78 is 5.64. The first-order chi connectivity index (χ1) is 12.2. The first-order valence-electron chi connectivity index (χ1n) is 7.85. The van der Waals surface area contributed by atoms with E-state index in [2.05, 4.69) is 32.4 Å². The van der Waals surface area contributed by atoms with Gasteiger partial charge in [0.2, 0.25) is 11.9 Å². The van der Waals surface area contributed by atoms with E-state index in [1.54, 1.807) is 24.3 Å². The highest BCUT2D eigenvalue weighted by Crippen LogP contribution is 2.16. The Morgan fingerprint density at radius 3 is 2.48 bits per heavy atom. The van der Waals surface area contributed by atoms with Crippen LogP contribution in [0.25, 0.3) is 0 Å². The zero-order chi connectivity index (χ0) is 17.5. The van der Waals surface area contributed by atoms with E-state index in [4.69, 9.17) is 22.1 Å². The lowest BCUT2D eigenvalue weighted by Crippen LogP contribution is -2.13. The van der Waals surface area contributed by atoms with E-state index >= 15 is 0 Å². The maximum absolute atomic E-state index is 5.85. The second-order valence-corrected chi connectivity index (χ2v) is 5.77. The van der Waals surface area contributed by atoms with Crippen molar-refractivity contribution in [2.24, 2.45) is 0 Å². The molecule has 3 N–H and O–H groups in total. The van der Waals surface area contributed by atoms with Crippen LogP contribution in [0.1, 0.15) is 11.4 Å². The van der Waals surface area contributed by atoms with E-state index in [0.717, 1.165) is 6.42 Å². The van der Waals surface area contributed by atoms with Crippen LogP contribution >= 0.6 is 11.6 Å². The number of nitrogens with two attached hydrogens (primary N) is 1. The van der Waals surface area contributed by atoms with Crippen molar-refractivity contribution in [2.75, 3.05) is 17.6 Å². The van der Waals surface area contributed by atoms with Crippen molar-refractivity contribution in [3.8, 4) is 5.75 Å². The highest BCUT2D eigenvalue weighted by molar-refractivity contribution is 6.30. The van der Waals surface area contributed by atoms with Crippen LogP contribution in [0.3, 0.4) is 0 Å². The molecule has 0 fully saturated rings. The van der Waals surface area contributed by atoms with E-state index in [1.165, 1.54) is 5.56 Å². The van der Waals surface area contributed by atoms with E-state index < -0.39 is 0 Å². The third-order valence-electron chi connectivity index (χ3n) is 3.42. The second-order valence-electron chi connectivity index (χ2n) is 5.34. The number of rotatable bonds is 7. The van der Waals surface area contributed by atoms with Gasteiger partial charge in [-0.1, -0.05) is 41.9 Å². The summed E-state index contributed by atoms with van der Waals surface area (Å²) in [7, 11) is 0. The molecule has 0 aliphatic heterocycles. The lowest BCUT2D eigenvalue weighted by molar-refractivity contribution is 0.296. The predicted molar refractivity (Wildman–Crippen MR) is 98.7 cm³/mol. The van der Waals surface area contributed by atoms with E-state index in [1.807, 2.05) is 18.2 Å². The first-order valence-corrected chi connectivity index (χ1v) is 8.23. The van der Waals surface area contributed by atoms with Crippen LogP contribution in [0.2, 0.25) is 5.02 Å². The zero-order valence-corrected chi connectivity index (χ0v) is 14.3. The molecule has 1 heterocycles. The fourth-order valence-corrected chi connectivity index (χ4v) is 2.35. The molecule has 2 aromatic carbocycles. The Labute approximate surface area is 151 Å². The number of nitrogens with zero attached hydrogens (tertiary/aromatic N) is 3. The van der Waals surface area contributed by atoms with Gasteiger partial charge in [-0.05, 0) is 36.2 Å². The Balaban J connectivity index is 1.57. The summed E-state index contributed by atoms with van der Waals surface area (Å²) in [6.45, 7) is 0.896. The fourth-order valence-electron chi connectivity index (χ4n) is 2.22. The molecule has 6 nitrogen and oxygen atoms in total. The number of nitrogen functional groups attached to an aromatic ring is 1. The minimum absolute atomic E-state index is 0.159. The highest BCUT2D eigenvalue weighted by Gasteiger charge is 2.05. The van der Waals surface area contributed by atoms with Crippen molar-refractivity contribution in [2.45, 2.75) is 13.0 Å². The van der Waals surface area contributed by atoms with Crippen LogP contribution in [0.15, 0.2) is 54.6 Å². The molecule has 128 valence electrons. The van der Waals surface area contributed by atoms with Crippen molar-refractivity contribution in [1.82, 2.24) is 15.0 Å². The van der Waals surface area contributed by atoms with E-state index in [9.17, 15) is 0 Å². The Kier molecular flexibility index (Phi) is 5.64. The van der Waals surface area contributed by atoms with Crippen molar-refractivity contribution in [3.63, 3.8) is 0 Å². The van der Waals surface area contributed by atoms with Crippen LogP contribution in [-0.2, 0) is 13.0 Å². The fraction of sp³-hybridized carbons (Fsp3) is 0.167. The minimum Gasteiger partial charge on any atom is -0.486 e. The molecule has 7 heteroatoms. The van der Waals surface area contributed by atoms with Gasteiger partial charge in [0.1, 0.15) is 12.4 Å². The number of benzene rings is 2. The molecular weight excluding hydrogens is 338 g/mol. The van der Waals surface area contributed by atoms with Crippen molar-refractivity contribution in [3.05, 3.63) is 71.0 Å². The summed E-state index contributed by atoms with van der Waals surface area (Å²) in [5.41, 5.74) is 7.00. The van der Waals surface area contributed by atoms with Crippen LogP contribution in [0.4, 0.5) is 11.9 Å². The van der Waals surface area contributed by atoms with Gasteiger partial charge in [0.15, 0.2) is 5.82 Å². The molecule has 0 saturated heterocycles. The molecule has 0 aliphatic rings. The van der Waals surface area contributed by atoms with Gasteiger partial charge >= 0.3 is 0 Å². The number of anilines is 2. The third-order valence-corrected chi connectivity index (χ3v) is 3.67. The Hall–Kier alpha value is -2.86. The monoisotopic (exact) mass is 355 g/mol. The molecule has 0 spiro atoms. The van der Waals surface area contributed by atoms with Gasteiger partial charge in [0, 0.05) is 11.6 Å². The molecule has 0 unspecified atom stereocenters. The number of ether oxygens (including phenoxy) is 1. The van der Waals surface area contributed by atoms with Gasteiger partial charge < -0.3 is 15.8 Å². The van der Waals surface area contributed by atoms with Crippen LogP contribution in [-0.4, -0.2) is 21.5 Å². The van der Waals surface area contributed by atoms with E-state index in [-0.39, 0.29) is 12.6 Å². The smallest absolute Gasteiger partial charge is 0.227 e. The molecule has 0 radical (unpaired) electrons. The Morgan fingerprint density at radius 2 is 1.72 bits per heavy atom. The molecule has 3 rings (SSSR count). The average Bonchev–Trinajstić information content (AvgIpc) is 2.62. The highest BCUT2D eigenvalue weighted by atomic mass is 35.5. The summed E-state index contributed by atoms with van der Waals surface area (Å²) in [5, 5.41) is 3.82. The lowest BCUT2D eigenvalue weighted by Gasteiger charge is -2.09. The molecule has 0 atom stereocenters. The number of hydrogen-bond acceptors (Lipinski definition) is 6. The van der Waals surface area contributed by atoms with Gasteiger partial charge in [-0.15, -0.1) is 0 Å². The summed E-state index contributed by atoms with van der Waals surface area (Å²) >= 11 is 5.85. The molecule has 25 heavy (non-hydrogen) atoms. The zero-order valence-electron chi connectivity index (χ0n) is 13.5. The third kappa shape index (κ3) is 5.32. The largest absolute Gasteiger partial charge is 0.486 e. The standard InChI is InChI=1S/C18H18ClN5O/c19-14-6-8-15(9-7-14)25-12-16-22-17(20)24-18(23-16)21-11-10-13-4-2-1-3-5-13/h1-9H,10-12H2,(H3,20,21,22,23,24). The lowest BCUT2D eigenvalue weighted by atomic mass is 10.1. The quantitative estimate of drug-likeness (QED) is 0.676. The summed E-state index contributed by atoms with van der Waals surface area (Å²) in [4.78, 5) is 12.5. The van der Waals surface area contributed by atoms with Gasteiger partial charge in [0.25, 0.3) is 0 Å². The number of halogens is 1. The number of aromatic nitrogens is 3. The predicted octanol–water partition coefficient (Wildman–Crippen LogP) is 3.34. The second kappa shape index (κ2) is 8.30. The molecule has 1 aromatic heterocycles. The Morgan fingerprint density at radius 1 is 0.960 bits per heavy atom. The molecule has 0 saturated carbocycles. The number of nitrogens with one attached hydrogen (secondary N) is 1. The number of hydrogen-bond donors (Lipinski definition) is 2. The molecule has 3 aromatic rings. The SMILES string of the molecule is Nc1nc(COc2ccc(Cl)cc2)nc(NCCc2ccccc2)n1. The van der Waals surface area contributed by atoms with Gasteiger partial charge in [0.05, 0.1) is 0 Å². The molecule has 0 amide bonds.